The molecule has 0 heterocycles. The summed E-state index contributed by atoms with van der Waals surface area (Å²) in [4.78, 5) is 10.7. The summed E-state index contributed by atoms with van der Waals surface area (Å²) in [5, 5.41) is 1.58. The van der Waals surface area contributed by atoms with Gasteiger partial charge in [0.25, 0.3) is 5.91 Å². The van der Waals surface area contributed by atoms with Crippen LogP contribution >= 0.6 is 12.4 Å². The number of amides is 1. The third kappa shape index (κ3) is 5.59. The first-order chi connectivity index (χ1) is 4.04. The van der Waals surface area contributed by atoms with E-state index in [0.717, 1.165) is 0 Å². The summed E-state index contributed by atoms with van der Waals surface area (Å²) in [5.41, 5.74) is 3.05. The van der Waals surface area contributed by atoms with Crippen molar-refractivity contribution in [3.63, 3.8) is 0 Å². The van der Waals surface area contributed by atoms with Crippen LogP contribution in [-0.4, -0.2) is 25.0 Å². The number of rotatable bonds is 2. The minimum atomic E-state index is -0.139. The molecule has 3 nitrogen and oxygen atoms in total. The number of nitrogens with one attached hydrogen (secondary N) is 1. The van der Waals surface area contributed by atoms with Crippen LogP contribution in [0.3, 0.4) is 0 Å². The van der Waals surface area contributed by atoms with Gasteiger partial charge >= 0.3 is 0 Å². The van der Waals surface area contributed by atoms with Gasteiger partial charge in [-0.25, -0.2) is 5.01 Å². The Balaban J connectivity index is 0. The van der Waals surface area contributed by atoms with Crippen molar-refractivity contribution in [3.05, 3.63) is 12.2 Å². The summed E-state index contributed by atoms with van der Waals surface area (Å²) in [6.45, 7) is 5.13. The van der Waals surface area contributed by atoms with Crippen LogP contribution < -0.4 is 5.43 Å². The van der Waals surface area contributed by atoms with Gasteiger partial charge in [-0.3, -0.25) is 10.2 Å². The number of nitrogens with zero attached hydrogens (tertiary/aromatic N) is 1. The van der Waals surface area contributed by atoms with E-state index in [-0.39, 0.29) is 18.3 Å². The van der Waals surface area contributed by atoms with Crippen molar-refractivity contribution in [1.82, 2.24) is 10.4 Å². The molecular weight excluding hydrogens is 152 g/mol. The zero-order valence-electron chi connectivity index (χ0n) is 6.47. The number of carbonyl (C=O) groups is 1. The lowest BCUT2D eigenvalue weighted by Crippen LogP contribution is -2.36. The van der Waals surface area contributed by atoms with E-state index in [1.165, 1.54) is 0 Å². The average Bonchev–Trinajstić information content (AvgIpc) is 1.63. The highest BCUT2D eigenvalue weighted by atomic mass is 35.5. The molecule has 0 aliphatic carbocycles. The number of hydrogen-bond donors (Lipinski definition) is 1. The van der Waals surface area contributed by atoms with Crippen LogP contribution in [0.2, 0.25) is 0 Å². The first kappa shape index (κ1) is 12.2. The molecule has 0 saturated heterocycles. The lowest BCUT2D eigenvalue weighted by atomic mass is 10.3. The Hall–Kier alpha value is -0.540. The van der Waals surface area contributed by atoms with Crippen LogP contribution in [0.25, 0.3) is 0 Å². The minimum absolute atomic E-state index is 0. The van der Waals surface area contributed by atoms with Crippen molar-refractivity contribution < 1.29 is 4.79 Å². The van der Waals surface area contributed by atoms with E-state index >= 15 is 0 Å². The van der Waals surface area contributed by atoms with Crippen LogP contribution in [0.1, 0.15) is 6.92 Å². The molecule has 1 N–H and O–H groups in total. The van der Waals surface area contributed by atoms with Gasteiger partial charge < -0.3 is 0 Å². The van der Waals surface area contributed by atoms with Gasteiger partial charge in [0.1, 0.15) is 0 Å². The Morgan fingerprint density at radius 1 is 1.50 bits per heavy atom. The third-order valence-corrected chi connectivity index (χ3v) is 0.713. The third-order valence-electron chi connectivity index (χ3n) is 0.713. The quantitative estimate of drug-likeness (QED) is 0.478. The summed E-state index contributed by atoms with van der Waals surface area (Å²) >= 11 is 0. The van der Waals surface area contributed by atoms with Gasteiger partial charge in [-0.05, 0) is 6.92 Å². The summed E-state index contributed by atoms with van der Waals surface area (Å²) in [6.07, 6.45) is 0. The van der Waals surface area contributed by atoms with E-state index in [2.05, 4.69) is 12.0 Å². The highest BCUT2D eigenvalue weighted by Crippen LogP contribution is 1.84. The molecule has 0 rings (SSSR count). The van der Waals surface area contributed by atoms with Gasteiger partial charge in [-0.1, -0.05) is 6.58 Å². The maximum absolute atomic E-state index is 10.7. The van der Waals surface area contributed by atoms with Crippen LogP contribution in [0.5, 0.6) is 0 Å². The molecule has 0 bridgehead atoms. The number of hydrogen-bond acceptors (Lipinski definition) is 2. The molecule has 10 heavy (non-hydrogen) atoms. The largest absolute Gasteiger partial charge is 0.286 e. The summed E-state index contributed by atoms with van der Waals surface area (Å²) in [5.74, 6) is -0.139. The fourth-order valence-corrected chi connectivity index (χ4v) is 0.299. The smallest absolute Gasteiger partial charge is 0.260 e. The summed E-state index contributed by atoms with van der Waals surface area (Å²) in [7, 11) is 3.50. The Morgan fingerprint density at radius 3 is 2.00 bits per heavy atom. The molecule has 60 valence electrons. The Kier molecular flexibility index (Phi) is 6.40. The molecule has 0 atom stereocenters. The van der Waals surface area contributed by atoms with Crippen molar-refractivity contribution in [2.24, 2.45) is 0 Å². The second kappa shape index (κ2) is 5.26. The Labute approximate surface area is 67.5 Å². The van der Waals surface area contributed by atoms with Crippen molar-refractivity contribution >= 4 is 18.3 Å². The normalized spacial score (nSPS) is 8.40. The molecule has 1 amide bonds. The molecule has 0 radical (unpaired) electrons. The number of hydrazine groups is 1. The van der Waals surface area contributed by atoms with Crippen molar-refractivity contribution in [2.45, 2.75) is 6.92 Å². The zero-order chi connectivity index (χ0) is 7.44. The monoisotopic (exact) mass is 164 g/mol. The van der Waals surface area contributed by atoms with E-state index in [0.29, 0.717) is 5.57 Å². The fraction of sp³-hybridized carbons (Fsp3) is 0.500. The van der Waals surface area contributed by atoms with Crippen LogP contribution in [-0.2, 0) is 4.79 Å². The van der Waals surface area contributed by atoms with Gasteiger partial charge in [0.05, 0.1) is 0 Å². The molecule has 0 saturated carbocycles. The highest BCUT2D eigenvalue weighted by Gasteiger charge is 1.99. The van der Waals surface area contributed by atoms with Gasteiger partial charge in [0.2, 0.25) is 0 Å². The van der Waals surface area contributed by atoms with E-state index in [9.17, 15) is 4.79 Å². The lowest BCUT2D eigenvalue weighted by molar-refractivity contribution is -0.120. The maximum atomic E-state index is 10.7. The molecule has 0 unspecified atom stereocenters. The predicted octanol–water partition coefficient (Wildman–Crippen LogP) is 0.577. The molecular formula is C6H13ClN2O. The molecule has 0 aromatic rings. The van der Waals surface area contributed by atoms with Gasteiger partial charge in [0.15, 0.2) is 0 Å². The Morgan fingerprint density at radius 2 is 1.90 bits per heavy atom. The average molecular weight is 165 g/mol. The van der Waals surface area contributed by atoms with Crippen LogP contribution in [0, 0.1) is 0 Å². The van der Waals surface area contributed by atoms with Gasteiger partial charge in [-0.15, -0.1) is 12.4 Å². The molecule has 0 fully saturated rings. The lowest BCUT2D eigenvalue weighted by Gasteiger charge is -2.10. The van der Waals surface area contributed by atoms with Crippen molar-refractivity contribution in [3.8, 4) is 0 Å². The fourth-order valence-electron chi connectivity index (χ4n) is 0.299. The Bertz CT molecular complexity index is 134. The van der Waals surface area contributed by atoms with E-state index in [4.69, 9.17) is 0 Å². The van der Waals surface area contributed by atoms with Crippen LogP contribution in [0.15, 0.2) is 12.2 Å². The second-order valence-corrected chi connectivity index (χ2v) is 2.12. The van der Waals surface area contributed by atoms with Gasteiger partial charge in [0, 0.05) is 19.7 Å². The van der Waals surface area contributed by atoms with Crippen molar-refractivity contribution in [1.29, 1.82) is 0 Å². The topological polar surface area (TPSA) is 32.3 Å². The molecule has 0 aromatic heterocycles. The number of halogens is 1. The van der Waals surface area contributed by atoms with E-state index < -0.39 is 0 Å². The molecule has 0 aromatic carbocycles. The molecule has 0 aliphatic heterocycles. The summed E-state index contributed by atoms with van der Waals surface area (Å²) < 4.78 is 0. The maximum Gasteiger partial charge on any atom is 0.260 e. The summed E-state index contributed by atoms with van der Waals surface area (Å²) in [6, 6.07) is 0. The molecule has 0 aliphatic rings. The van der Waals surface area contributed by atoms with Gasteiger partial charge in [-0.2, -0.15) is 0 Å². The molecule has 0 spiro atoms. The number of carbonyl (C=O) groups excluding carboxylic acids is 1. The standard InChI is InChI=1S/C6H12N2O.ClH/c1-5(2)6(9)7-8(3)4;/h1H2,2-4H3,(H,7,9);1H. The van der Waals surface area contributed by atoms with E-state index in [1.54, 1.807) is 26.0 Å². The minimum Gasteiger partial charge on any atom is -0.286 e. The van der Waals surface area contributed by atoms with Crippen LogP contribution in [0.4, 0.5) is 0 Å². The zero-order valence-corrected chi connectivity index (χ0v) is 7.29. The second-order valence-electron chi connectivity index (χ2n) is 2.12. The van der Waals surface area contributed by atoms with Crippen molar-refractivity contribution in [2.75, 3.05) is 14.1 Å². The first-order valence-electron chi connectivity index (χ1n) is 2.68. The molecule has 4 heteroatoms. The highest BCUT2D eigenvalue weighted by molar-refractivity contribution is 5.91. The predicted molar refractivity (Wildman–Crippen MR) is 43.9 cm³/mol. The first-order valence-corrected chi connectivity index (χ1v) is 2.68. The van der Waals surface area contributed by atoms with E-state index in [1.807, 2.05) is 0 Å². The SMILES string of the molecule is C=C(C)C(=O)NN(C)C.Cl.